The Kier molecular flexibility index (Phi) is 4.59. The fourth-order valence-electron chi connectivity index (χ4n) is 1.64. The Bertz CT molecular complexity index is 549. The first-order valence-corrected chi connectivity index (χ1v) is 7.75. The van der Waals surface area contributed by atoms with Gasteiger partial charge in [0, 0.05) is 15.8 Å². The maximum atomic E-state index is 13.7. The molecular weight excluding hydrogens is 383 g/mol. The van der Waals surface area contributed by atoms with E-state index in [9.17, 15) is 9.50 Å². The topological polar surface area (TPSA) is 20.2 Å². The number of thiophene rings is 1. The smallest absolute Gasteiger partial charge is 0.127 e. The molecule has 1 unspecified atom stereocenters. The zero-order chi connectivity index (χ0) is 13.3. The van der Waals surface area contributed by atoms with Crippen LogP contribution in [-0.2, 0) is 6.42 Å². The molecule has 0 aliphatic rings. The molecular formula is C13H11Br2FOS. The van der Waals surface area contributed by atoms with Gasteiger partial charge < -0.3 is 5.11 Å². The fourth-order valence-corrected chi connectivity index (χ4v) is 3.53. The maximum absolute atomic E-state index is 13.7. The molecule has 2 rings (SSSR count). The average Bonchev–Trinajstić information content (AvgIpc) is 2.63. The van der Waals surface area contributed by atoms with Crippen LogP contribution in [0.3, 0.4) is 0 Å². The summed E-state index contributed by atoms with van der Waals surface area (Å²) >= 11 is 8.12. The molecule has 1 heterocycles. The Hall–Kier alpha value is -0.230. The van der Waals surface area contributed by atoms with Crippen LogP contribution in [0.1, 0.15) is 22.1 Å². The Morgan fingerprint density at radius 3 is 2.61 bits per heavy atom. The van der Waals surface area contributed by atoms with Crippen molar-refractivity contribution in [2.75, 3.05) is 0 Å². The largest absolute Gasteiger partial charge is 0.387 e. The summed E-state index contributed by atoms with van der Waals surface area (Å²) in [4.78, 5) is 0.849. The van der Waals surface area contributed by atoms with Gasteiger partial charge in [0.2, 0.25) is 0 Å². The first kappa shape index (κ1) is 14.2. The normalized spacial score (nSPS) is 12.7. The summed E-state index contributed by atoms with van der Waals surface area (Å²) in [6, 6.07) is 6.81. The summed E-state index contributed by atoms with van der Waals surface area (Å²) in [5.41, 5.74) is 1.61. The molecule has 1 aromatic heterocycles. The molecule has 96 valence electrons. The molecule has 2 aromatic rings. The lowest BCUT2D eigenvalue weighted by Crippen LogP contribution is -2.01. The second-order valence-corrected chi connectivity index (χ2v) is 7.38. The summed E-state index contributed by atoms with van der Waals surface area (Å²) in [5.74, 6) is -0.296. The van der Waals surface area contributed by atoms with Crippen LogP contribution < -0.4 is 0 Å². The van der Waals surface area contributed by atoms with Crippen LogP contribution in [0, 0.1) is 12.7 Å². The minimum atomic E-state index is -0.671. The number of benzene rings is 1. The van der Waals surface area contributed by atoms with Gasteiger partial charge in [-0.05, 0) is 52.2 Å². The zero-order valence-electron chi connectivity index (χ0n) is 9.58. The van der Waals surface area contributed by atoms with E-state index < -0.39 is 6.10 Å². The molecule has 0 aliphatic carbocycles. The van der Waals surface area contributed by atoms with E-state index in [1.165, 1.54) is 17.4 Å². The molecule has 1 atom stereocenters. The van der Waals surface area contributed by atoms with Gasteiger partial charge in [0.25, 0.3) is 0 Å². The highest BCUT2D eigenvalue weighted by molar-refractivity contribution is 9.11. The summed E-state index contributed by atoms with van der Waals surface area (Å²) in [7, 11) is 0. The van der Waals surface area contributed by atoms with Gasteiger partial charge in [0.15, 0.2) is 0 Å². The second kappa shape index (κ2) is 5.82. The molecule has 1 aromatic carbocycles. The van der Waals surface area contributed by atoms with Gasteiger partial charge in [-0.25, -0.2) is 4.39 Å². The predicted molar refractivity (Wildman–Crippen MR) is 79.5 cm³/mol. The molecule has 1 nitrogen and oxygen atoms in total. The molecule has 5 heteroatoms. The third-order valence-electron chi connectivity index (χ3n) is 2.63. The zero-order valence-corrected chi connectivity index (χ0v) is 13.6. The third-order valence-corrected chi connectivity index (χ3v) is 5.36. The Balaban J connectivity index is 2.18. The van der Waals surface area contributed by atoms with Gasteiger partial charge in [-0.2, -0.15) is 0 Å². The summed E-state index contributed by atoms with van der Waals surface area (Å²) in [6.07, 6.45) is -0.387. The molecule has 0 radical (unpaired) electrons. The van der Waals surface area contributed by atoms with Crippen LogP contribution in [0.15, 0.2) is 32.5 Å². The van der Waals surface area contributed by atoms with Crippen LogP contribution >= 0.6 is 43.2 Å². The van der Waals surface area contributed by atoms with E-state index in [1.54, 1.807) is 12.1 Å². The van der Waals surface area contributed by atoms with Crippen molar-refractivity contribution < 1.29 is 9.50 Å². The first-order valence-electron chi connectivity index (χ1n) is 5.35. The Morgan fingerprint density at radius 2 is 2.06 bits per heavy atom. The number of aliphatic hydroxyl groups excluding tert-OH is 1. The molecule has 0 spiro atoms. The highest BCUT2D eigenvalue weighted by Crippen LogP contribution is 2.33. The lowest BCUT2D eigenvalue weighted by molar-refractivity contribution is 0.181. The monoisotopic (exact) mass is 392 g/mol. The van der Waals surface area contributed by atoms with E-state index in [-0.39, 0.29) is 12.2 Å². The first-order chi connectivity index (χ1) is 8.47. The summed E-state index contributed by atoms with van der Waals surface area (Å²) < 4.78 is 15.4. The van der Waals surface area contributed by atoms with Gasteiger partial charge in [0.1, 0.15) is 5.82 Å². The van der Waals surface area contributed by atoms with Crippen molar-refractivity contribution in [1.29, 1.82) is 0 Å². The van der Waals surface area contributed by atoms with Crippen molar-refractivity contribution in [3.8, 4) is 0 Å². The molecule has 1 N–H and O–H groups in total. The van der Waals surface area contributed by atoms with Gasteiger partial charge in [-0.3, -0.25) is 0 Å². The molecule has 0 fully saturated rings. The molecule has 0 amide bonds. The molecule has 0 aliphatic heterocycles. The second-order valence-electron chi connectivity index (χ2n) is 4.06. The summed E-state index contributed by atoms with van der Waals surface area (Å²) in [5, 5.41) is 10.1. The summed E-state index contributed by atoms with van der Waals surface area (Å²) in [6.45, 7) is 1.97. The van der Waals surface area contributed by atoms with Crippen LogP contribution in [-0.4, -0.2) is 5.11 Å². The van der Waals surface area contributed by atoms with Gasteiger partial charge in [-0.1, -0.05) is 22.0 Å². The minimum absolute atomic E-state index is 0.283. The van der Waals surface area contributed by atoms with Crippen LogP contribution in [0.2, 0.25) is 0 Å². The fraction of sp³-hybridized carbons (Fsp3) is 0.231. The quantitative estimate of drug-likeness (QED) is 0.778. The molecule has 18 heavy (non-hydrogen) atoms. The van der Waals surface area contributed by atoms with Gasteiger partial charge in [0.05, 0.1) is 9.89 Å². The number of hydrogen-bond donors (Lipinski definition) is 1. The van der Waals surface area contributed by atoms with Crippen molar-refractivity contribution in [3.05, 3.63) is 54.3 Å². The van der Waals surface area contributed by atoms with E-state index in [4.69, 9.17) is 0 Å². The average molecular weight is 394 g/mol. The van der Waals surface area contributed by atoms with Crippen molar-refractivity contribution in [2.24, 2.45) is 0 Å². The lowest BCUT2D eigenvalue weighted by atomic mass is 10.1. The third kappa shape index (κ3) is 3.20. The van der Waals surface area contributed by atoms with E-state index >= 15 is 0 Å². The number of aliphatic hydroxyl groups is 1. The van der Waals surface area contributed by atoms with Gasteiger partial charge in [-0.15, -0.1) is 11.3 Å². The van der Waals surface area contributed by atoms with E-state index in [1.807, 2.05) is 13.0 Å². The van der Waals surface area contributed by atoms with Crippen molar-refractivity contribution in [1.82, 2.24) is 0 Å². The molecule has 0 bridgehead atoms. The number of hydrogen-bond acceptors (Lipinski definition) is 2. The predicted octanol–water partition coefficient (Wildman–Crippen LogP) is 5.00. The Morgan fingerprint density at radius 1 is 1.33 bits per heavy atom. The standard InChI is InChI=1S/C13H11Br2FOS/c1-7-4-12(18-13(7)15)11(17)5-8-2-3-9(14)6-10(8)16/h2-4,6,11,17H,5H2,1H3. The Labute approximate surface area is 126 Å². The molecule has 0 saturated carbocycles. The van der Waals surface area contributed by atoms with E-state index in [0.717, 1.165) is 14.2 Å². The van der Waals surface area contributed by atoms with Crippen LogP contribution in [0.5, 0.6) is 0 Å². The van der Waals surface area contributed by atoms with Crippen LogP contribution in [0.25, 0.3) is 0 Å². The number of aryl methyl sites for hydroxylation is 1. The van der Waals surface area contributed by atoms with Crippen LogP contribution in [0.4, 0.5) is 4.39 Å². The van der Waals surface area contributed by atoms with Gasteiger partial charge >= 0.3 is 0 Å². The van der Waals surface area contributed by atoms with E-state index in [2.05, 4.69) is 31.9 Å². The van der Waals surface area contributed by atoms with Crippen molar-refractivity contribution in [3.63, 3.8) is 0 Å². The molecule has 0 saturated heterocycles. The van der Waals surface area contributed by atoms with E-state index in [0.29, 0.717) is 10.0 Å². The SMILES string of the molecule is Cc1cc(C(O)Cc2ccc(Br)cc2F)sc1Br. The number of halogens is 3. The van der Waals surface area contributed by atoms with Crippen molar-refractivity contribution in [2.45, 2.75) is 19.4 Å². The highest BCUT2D eigenvalue weighted by Gasteiger charge is 2.15. The minimum Gasteiger partial charge on any atom is -0.387 e. The lowest BCUT2D eigenvalue weighted by Gasteiger charge is -2.09. The highest BCUT2D eigenvalue weighted by atomic mass is 79.9. The van der Waals surface area contributed by atoms with Crippen molar-refractivity contribution >= 4 is 43.2 Å². The number of rotatable bonds is 3. The maximum Gasteiger partial charge on any atom is 0.127 e.